The van der Waals surface area contributed by atoms with Gasteiger partial charge < -0.3 is 19.9 Å². The number of likely N-dealkylation sites (tertiary alicyclic amines) is 1. The number of nitrogens with zero attached hydrogens (tertiary/aromatic N) is 1. The van der Waals surface area contributed by atoms with Gasteiger partial charge in [-0.1, -0.05) is 27.7 Å². The van der Waals surface area contributed by atoms with E-state index in [9.17, 15) is 4.79 Å². The van der Waals surface area contributed by atoms with E-state index in [1.54, 1.807) is 0 Å². The van der Waals surface area contributed by atoms with Crippen molar-refractivity contribution in [2.24, 2.45) is 28.9 Å². The van der Waals surface area contributed by atoms with Gasteiger partial charge in [0.1, 0.15) is 0 Å². The van der Waals surface area contributed by atoms with E-state index >= 15 is 0 Å². The van der Waals surface area contributed by atoms with Crippen LogP contribution in [0.1, 0.15) is 60.3 Å². The van der Waals surface area contributed by atoms with Gasteiger partial charge in [-0.3, -0.25) is 4.79 Å². The van der Waals surface area contributed by atoms with E-state index in [1.807, 2.05) is 18.7 Å². The van der Waals surface area contributed by atoms with Crippen LogP contribution in [-0.4, -0.2) is 48.2 Å². The molecule has 1 amide bonds. The normalized spacial score (nSPS) is 43.2. The quantitative estimate of drug-likeness (QED) is 0.795. The van der Waals surface area contributed by atoms with Gasteiger partial charge in [-0.15, -0.1) is 0 Å². The first-order valence-corrected chi connectivity index (χ1v) is 10.1. The van der Waals surface area contributed by atoms with Crippen LogP contribution in [0.25, 0.3) is 0 Å². The van der Waals surface area contributed by atoms with Gasteiger partial charge >= 0.3 is 7.12 Å². The molecule has 0 spiro atoms. The Labute approximate surface area is 152 Å². The molecule has 2 saturated heterocycles. The molecule has 5 rings (SSSR count). The number of hydrogen-bond acceptors (Lipinski definition) is 4. The van der Waals surface area contributed by atoms with E-state index in [2.05, 4.69) is 20.8 Å². The third-order valence-electron chi connectivity index (χ3n) is 7.87. The maximum absolute atomic E-state index is 12.8. The summed E-state index contributed by atoms with van der Waals surface area (Å²) in [6, 6.07) is -0.438. The Hall–Kier alpha value is -0.585. The molecule has 0 aromatic rings. The lowest BCUT2D eigenvalue weighted by Crippen LogP contribution is -2.65. The SMILES string of the molecule is CC(C)[C@H](N)C(=O)N1CCC[C@H]1B1O[C@@H]2C[C@@H]3C[C@@H](C3(C)C)[C@]2(C)O1. The van der Waals surface area contributed by atoms with Crippen LogP contribution >= 0.6 is 0 Å². The largest absolute Gasteiger partial charge is 0.481 e. The van der Waals surface area contributed by atoms with Crippen molar-refractivity contribution < 1.29 is 14.1 Å². The summed E-state index contributed by atoms with van der Waals surface area (Å²) < 4.78 is 13.0. The molecule has 0 aromatic heterocycles. The van der Waals surface area contributed by atoms with Crippen molar-refractivity contribution in [1.29, 1.82) is 0 Å². The molecule has 2 aliphatic heterocycles. The molecule has 2 bridgehead atoms. The average Bonchev–Trinajstić information content (AvgIpc) is 3.15. The summed E-state index contributed by atoms with van der Waals surface area (Å²) in [4.78, 5) is 14.7. The summed E-state index contributed by atoms with van der Waals surface area (Å²) in [6.07, 6.45) is 4.46. The Morgan fingerprint density at radius 1 is 1.28 bits per heavy atom. The molecule has 5 aliphatic rings. The highest BCUT2D eigenvalue weighted by atomic mass is 16.7. The molecule has 0 unspecified atom stereocenters. The molecule has 2 heterocycles. The summed E-state index contributed by atoms with van der Waals surface area (Å²) in [6.45, 7) is 11.8. The molecule has 5 fully saturated rings. The molecule has 25 heavy (non-hydrogen) atoms. The van der Waals surface area contributed by atoms with Crippen molar-refractivity contribution in [3.05, 3.63) is 0 Å². The second-order valence-electron chi connectivity index (χ2n) is 9.85. The highest BCUT2D eigenvalue weighted by molar-refractivity contribution is 6.48. The molecule has 0 aromatic carbocycles. The fourth-order valence-corrected chi connectivity index (χ4v) is 5.89. The van der Waals surface area contributed by atoms with Gasteiger partial charge in [0.2, 0.25) is 5.91 Å². The molecule has 140 valence electrons. The zero-order chi connectivity index (χ0) is 18.1. The lowest BCUT2D eigenvalue weighted by molar-refractivity contribution is -0.199. The van der Waals surface area contributed by atoms with Crippen molar-refractivity contribution in [1.82, 2.24) is 4.90 Å². The van der Waals surface area contributed by atoms with Gasteiger partial charge in [0.05, 0.1) is 23.7 Å². The van der Waals surface area contributed by atoms with E-state index in [0.29, 0.717) is 11.3 Å². The van der Waals surface area contributed by atoms with Crippen LogP contribution in [0.4, 0.5) is 0 Å². The van der Waals surface area contributed by atoms with Crippen LogP contribution in [-0.2, 0) is 14.1 Å². The lowest BCUT2D eigenvalue weighted by atomic mass is 9.43. The number of rotatable bonds is 3. The Balaban J connectivity index is 1.51. The Morgan fingerprint density at radius 3 is 2.64 bits per heavy atom. The smallest absolute Gasteiger partial charge is 0.404 e. The first-order chi connectivity index (χ1) is 11.7. The van der Waals surface area contributed by atoms with E-state index < -0.39 is 6.04 Å². The Morgan fingerprint density at radius 2 is 2.00 bits per heavy atom. The fourth-order valence-electron chi connectivity index (χ4n) is 5.89. The molecule has 5 nitrogen and oxygen atoms in total. The van der Waals surface area contributed by atoms with Gasteiger partial charge in [-0.2, -0.15) is 0 Å². The summed E-state index contributed by atoms with van der Waals surface area (Å²) in [5.41, 5.74) is 6.27. The van der Waals surface area contributed by atoms with E-state index in [4.69, 9.17) is 15.0 Å². The maximum atomic E-state index is 12.8. The monoisotopic (exact) mass is 348 g/mol. The van der Waals surface area contributed by atoms with Crippen LogP contribution in [0.3, 0.4) is 0 Å². The lowest BCUT2D eigenvalue weighted by Gasteiger charge is -2.64. The standard InChI is InChI=1S/C19H33BN2O3/c1-11(2)16(21)17(23)22-8-6-7-15(22)20-24-14-10-12-9-13(18(12,3)4)19(14,5)25-20/h11-16H,6-10,21H2,1-5H3/t12-,13-,14+,15-,16-,19-/m0/s1. The number of hydrogen-bond donors (Lipinski definition) is 1. The highest BCUT2D eigenvalue weighted by Gasteiger charge is 2.69. The molecule has 6 heteroatoms. The Kier molecular flexibility index (Phi) is 4.06. The predicted molar refractivity (Wildman–Crippen MR) is 97.7 cm³/mol. The third-order valence-corrected chi connectivity index (χ3v) is 7.87. The molecule has 3 aliphatic carbocycles. The molecule has 3 saturated carbocycles. The molecule has 0 radical (unpaired) electrons. The minimum Gasteiger partial charge on any atom is -0.404 e. The Bertz CT molecular complexity index is 569. The number of carbonyl (C=O) groups excluding carboxylic acids is 1. The topological polar surface area (TPSA) is 64.8 Å². The molecular weight excluding hydrogens is 315 g/mol. The average molecular weight is 348 g/mol. The fraction of sp³-hybridized carbons (Fsp3) is 0.947. The first-order valence-electron chi connectivity index (χ1n) is 10.1. The first kappa shape index (κ1) is 17.8. The van der Waals surface area contributed by atoms with Gasteiger partial charge in [0.15, 0.2) is 0 Å². The van der Waals surface area contributed by atoms with Crippen molar-refractivity contribution in [3.63, 3.8) is 0 Å². The maximum Gasteiger partial charge on any atom is 0.481 e. The molecular formula is C19H33BN2O3. The summed E-state index contributed by atoms with van der Waals surface area (Å²) in [7, 11) is -0.295. The summed E-state index contributed by atoms with van der Waals surface area (Å²) in [5, 5.41) is 0. The number of carbonyl (C=O) groups is 1. The zero-order valence-electron chi connectivity index (χ0n) is 16.3. The van der Waals surface area contributed by atoms with Crippen molar-refractivity contribution in [3.8, 4) is 0 Å². The minimum atomic E-state index is -0.438. The number of nitrogens with two attached hydrogens (primary N) is 1. The van der Waals surface area contributed by atoms with Crippen molar-refractivity contribution in [2.75, 3.05) is 6.54 Å². The molecule has 6 atom stereocenters. The van der Waals surface area contributed by atoms with Crippen LogP contribution < -0.4 is 5.73 Å². The predicted octanol–water partition coefficient (Wildman–Crippen LogP) is 2.23. The summed E-state index contributed by atoms with van der Waals surface area (Å²) in [5.74, 6) is 1.51. The van der Waals surface area contributed by atoms with Gasteiger partial charge in [0, 0.05) is 6.54 Å². The van der Waals surface area contributed by atoms with E-state index in [1.165, 1.54) is 6.42 Å². The van der Waals surface area contributed by atoms with Gasteiger partial charge in [-0.05, 0) is 55.8 Å². The highest BCUT2D eigenvalue weighted by Crippen LogP contribution is 2.65. The van der Waals surface area contributed by atoms with E-state index in [-0.39, 0.29) is 36.6 Å². The van der Waals surface area contributed by atoms with Crippen LogP contribution in [0.5, 0.6) is 0 Å². The molecule has 2 N–H and O–H groups in total. The number of amides is 1. The van der Waals surface area contributed by atoms with Gasteiger partial charge in [-0.25, -0.2) is 0 Å². The minimum absolute atomic E-state index is 0.0139. The van der Waals surface area contributed by atoms with Crippen LogP contribution in [0, 0.1) is 23.2 Å². The second-order valence-corrected chi connectivity index (χ2v) is 9.85. The zero-order valence-corrected chi connectivity index (χ0v) is 16.3. The summed E-state index contributed by atoms with van der Waals surface area (Å²) >= 11 is 0. The van der Waals surface area contributed by atoms with Gasteiger partial charge in [0.25, 0.3) is 0 Å². The van der Waals surface area contributed by atoms with E-state index in [0.717, 1.165) is 31.7 Å². The third kappa shape index (κ3) is 2.43. The van der Waals surface area contributed by atoms with Crippen LogP contribution in [0.2, 0.25) is 0 Å². The van der Waals surface area contributed by atoms with Crippen molar-refractivity contribution in [2.45, 2.75) is 84.0 Å². The van der Waals surface area contributed by atoms with Crippen molar-refractivity contribution >= 4 is 13.0 Å². The van der Waals surface area contributed by atoms with Crippen LogP contribution in [0.15, 0.2) is 0 Å². The second kappa shape index (κ2) is 5.70.